The van der Waals surface area contributed by atoms with Crippen molar-refractivity contribution < 1.29 is 18.7 Å². The highest BCUT2D eigenvalue weighted by atomic mass is 28.3. The van der Waals surface area contributed by atoms with Crippen LogP contribution in [0.4, 0.5) is 0 Å². The quantitative estimate of drug-likeness (QED) is 0.135. The van der Waals surface area contributed by atoms with Crippen LogP contribution in [0.5, 0.6) is 0 Å². The van der Waals surface area contributed by atoms with Crippen molar-refractivity contribution in [2.75, 3.05) is 6.79 Å². The van der Waals surface area contributed by atoms with Gasteiger partial charge < -0.3 is 13.9 Å². The fourth-order valence-corrected chi connectivity index (χ4v) is 12.2. The van der Waals surface area contributed by atoms with Crippen LogP contribution < -0.4 is 10.4 Å². The minimum atomic E-state index is -2.08. The molecular weight excluding hydrogens is 573 g/mol. The molecule has 0 N–H and O–H groups in total. The Morgan fingerprint density at radius 1 is 0.844 bits per heavy atom. The van der Waals surface area contributed by atoms with Crippen molar-refractivity contribution >= 4 is 25.2 Å². The Labute approximate surface area is 272 Å². The summed E-state index contributed by atoms with van der Waals surface area (Å²) in [5.74, 6) is 1.06. The third-order valence-corrected chi connectivity index (χ3v) is 15.2. The fourth-order valence-electron chi connectivity index (χ4n) is 9.68. The molecule has 3 saturated carbocycles. The zero-order valence-electron chi connectivity index (χ0n) is 27.9. The number of hydrogen-bond acceptors (Lipinski definition) is 4. The maximum absolute atomic E-state index is 14.2. The van der Waals surface area contributed by atoms with Gasteiger partial charge in [-0.1, -0.05) is 126 Å². The third kappa shape index (κ3) is 5.91. The first-order valence-electron chi connectivity index (χ1n) is 17.2. The number of Topliss-reactive ketones (excluding diaryl/α,β-unsaturated/α-hetero) is 1. The molecule has 1 unspecified atom stereocenters. The van der Waals surface area contributed by atoms with E-state index < -0.39 is 9.04 Å². The summed E-state index contributed by atoms with van der Waals surface area (Å²) in [6, 6.07) is 32.0. The molecular formula is C40H52O4Si. The molecule has 3 aliphatic rings. The number of rotatable bonds is 10. The van der Waals surface area contributed by atoms with Gasteiger partial charge in [0.1, 0.15) is 12.6 Å². The van der Waals surface area contributed by atoms with Gasteiger partial charge in [0.15, 0.2) is 0 Å². The summed E-state index contributed by atoms with van der Waals surface area (Å²) < 4.78 is 20.7. The summed E-state index contributed by atoms with van der Waals surface area (Å²) in [6.07, 6.45) is 5.56. The van der Waals surface area contributed by atoms with Crippen LogP contribution in [0.3, 0.4) is 0 Å². The zero-order valence-corrected chi connectivity index (χ0v) is 29.1. The van der Waals surface area contributed by atoms with Crippen LogP contribution in [0.25, 0.3) is 0 Å². The second-order valence-electron chi connectivity index (χ2n) is 14.8. The molecule has 0 spiro atoms. The second kappa shape index (κ2) is 13.3. The van der Waals surface area contributed by atoms with Crippen molar-refractivity contribution in [3.63, 3.8) is 0 Å². The highest BCUT2D eigenvalue weighted by molar-refractivity contribution is 6.80. The van der Waals surface area contributed by atoms with Crippen LogP contribution in [0.2, 0.25) is 0 Å². The van der Waals surface area contributed by atoms with Gasteiger partial charge in [-0.05, 0) is 70.7 Å². The van der Waals surface area contributed by atoms with Crippen molar-refractivity contribution in [1.29, 1.82) is 0 Å². The lowest BCUT2D eigenvalue weighted by molar-refractivity contribution is -0.223. The Hall–Kier alpha value is -2.57. The lowest BCUT2D eigenvalue weighted by atomic mass is 9.43. The Balaban J connectivity index is 1.40. The predicted octanol–water partition coefficient (Wildman–Crippen LogP) is 7.33. The SMILES string of the molecule is CC[C@@]1(C)C[C@@H](O[SiH](c2ccccc2)c2ccccc2)[C@@]2(C)C3C(=O)CC[C@@]3(CC[C@H]2C)[C@H](C)[C@@H]1OCOCc1ccccc1. The normalized spacial score (nSPS) is 34.7. The van der Waals surface area contributed by atoms with Crippen molar-refractivity contribution in [2.45, 2.75) is 92.0 Å². The highest BCUT2D eigenvalue weighted by Crippen LogP contribution is 2.68. The van der Waals surface area contributed by atoms with Crippen LogP contribution >= 0.6 is 0 Å². The highest BCUT2D eigenvalue weighted by Gasteiger charge is 2.68. The van der Waals surface area contributed by atoms with E-state index in [-0.39, 0.29) is 47.1 Å². The van der Waals surface area contributed by atoms with E-state index in [2.05, 4.69) is 107 Å². The summed E-state index contributed by atoms with van der Waals surface area (Å²) in [6.45, 7) is 12.7. The molecule has 3 aliphatic carbocycles. The van der Waals surface area contributed by atoms with Gasteiger partial charge in [-0.15, -0.1) is 0 Å². The van der Waals surface area contributed by atoms with Crippen LogP contribution in [-0.4, -0.2) is 33.8 Å². The molecule has 0 aliphatic heterocycles. The maximum Gasteiger partial charge on any atom is 0.240 e. The maximum atomic E-state index is 14.2. The van der Waals surface area contributed by atoms with Gasteiger partial charge in [-0.2, -0.15) is 0 Å². The van der Waals surface area contributed by atoms with E-state index in [1.54, 1.807) is 0 Å². The van der Waals surface area contributed by atoms with Crippen LogP contribution in [0.15, 0.2) is 91.0 Å². The van der Waals surface area contributed by atoms with Gasteiger partial charge in [0, 0.05) is 17.8 Å². The number of benzene rings is 3. The van der Waals surface area contributed by atoms with Gasteiger partial charge in [0.25, 0.3) is 0 Å². The molecule has 5 heteroatoms. The van der Waals surface area contributed by atoms with Gasteiger partial charge in [-0.3, -0.25) is 4.79 Å². The van der Waals surface area contributed by atoms with Crippen molar-refractivity contribution in [2.24, 2.45) is 34.0 Å². The molecule has 3 fully saturated rings. The average Bonchev–Trinajstić information content (AvgIpc) is 3.43. The first-order valence-corrected chi connectivity index (χ1v) is 18.9. The molecule has 0 heterocycles. The minimum Gasteiger partial charge on any atom is -0.407 e. The Bertz CT molecular complexity index is 1380. The molecule has 0 aromatic heterocycles. The van der Waals surface area contributed by atoms with Crippen LogP contribution in [-0.2, 0) is 25.3 Å². The minimum absolute atomic E-state index is 0.0207. The number of carbonyl (C=O) groups is 1. The van der Waals surface area contributed by atoms with Gasteiger partial charge in [-0.25, -0.2) is 0 Å². The summed E-state index contributed by atoms with van der Waals surface area (Å²) in [7, 11) is -2.08. The molecule has 6 rings (SSSR count). The standard InChI is InChI=1S/C40H52O4Si/c1-6-38(4)26-35(44-45(32-18-12-8-13-19-32)33-20-14-9-15-21-33)39(5)29(2)22-24-40(25-23-34(41)36(39)40)30(3)37(38)43-28-42-27-31-16-10-7-11-17-31/h7-21,29-30,35-37,45H,6,22-28H2,1-5H3/t29-,30-,35-,36?,37+,38+,39+,40+/m1/s1. The average molecular weight is 625 g/mol. The van der Waals surface area contributed by atoms with E-state index in [1.807, 2.05) is 18.2 Å². The van der Waals surface area contributed by atoms with E-state index in [0.29, 0.717) is 24.7 Å². The lowest BCUT2D eigenvalue weighted by Gasteiger charge is -2.63. The van der Waals surface area contributed by atoms with E-state index in [4.69, 9.17) is 13.9 Å². The smallest absolute Gasteiger partial charge is 0.240 e. The summed E-state index contributed by atoms with van der Waals surface area (Å²) in [4.78, 5) is 14.2. The largest absolute Gasteiger partial charge is 0.407 e. The number of ether oxygens (including phenoxy) is 2. The zero-order chi connectivity index (χ0) is 31.7. The predicted molar refractivity (Wildman–Crippen MR) is 184 cm³/mol. The molecule has 8 atom stereocenters. The molecule has 0 radical (unpaired) electrons. The number of carbonyl (C=O) groups excluding carboxylic acids is 1. The van der Waals surface area contributed by atoms with E-state index in [9.17, 15) is 4.79 Å². The summed E-state index contributed by atoms with van der Waals surface area (Å²) >= 11 is 0. The second-order valence-corrected chi connectivity index (χ2v) is 17.2. The molecule has 240 valence electrons. The number of ketones is 1. The molecule has 4 nitrogen and oxygen atoms in total. The fraction of sp³-hybridized carbons (Fsp3) is 0.525. The van der Waals surface area contributed by atoms with Crippen LogP contribution in [0.1, 0.15) is 78.7 Å². The first-order chi connectivity index (χ1) is 21.7. The van der Waals surface area contributed by atoms with Gasteiger partial charge in [0.05, 0.1) is 18.8 Å². The molecule has 2 bridgehead atoms. The molecule has 0 saturated heterocycles. The third-order valence-electron chi connectivity index (χ3n) is 12.6. The lowest BCUT2D eigenvalue weighted by Crippen LogP contribution is -2.65. The topological polar surface area (TPSA) is 44.8 Å². The Morgan fingerprint density at radius 2 is 1.44 bits per heavy atom. The Morgan fingerprint density at radius 3 is 2.04 bits per heavy atom. The summed E-state index contributed by atoms with van der Waals surface area (Å²) in [5, 5.41) is 2.58. The van der Waals surface area contributed by atoms with Crippen LogP contribution in [0, 0.1) is 34.0 Å². The molecule has 3 aromatic carbocycles. The van der Waals surface area contributed by atoms with E-state index >= 15 is 0 Å². The molecule has 45 heavy (non-hydrogen) atoms. The van der Waals surface area contributed by atoms with E-state index in [1.165, 1.54) is 10.4 Å². The van der Waals surface area contributed by atoms with Gasteiger partial charge in [0.2, 0.25) is 9.04 Å². The molecule has 0 amide bonds. The van der Waals surface area contributed by atoms with Crippen molar-refractivity contribution in [3.8, 4) is 0 Å². The van der Waals surface area contributed by atoms with E-state index in [0.717, 1.165) is 37.7 Å². The first kappa shape index (κ1) is 32.4. The monoisotopic (exact) mass is 624 g/mol. The summed E-state index contributed by atoms with van der Waals surface area (Å²) in [5.41, 5.74) is 0.667. The van der Waals surface area contributed by atoms with Crippen molar-refractivity contribution in [3.05, 3.63) is 96.6 Å². The Kier molecular flexibility index (Phi) is 9.55. The molecule has 3 aromatic rings. The van der Waals surface area contributed by atoms with Gasteiger partial charge >= 0.3 is 0 Å². The number of hydrogen-bond donors (Lipinski definition) is 0. The van der Waals surface area contributed by atoms with Crippen molar-refractivity contribution in [1.82, 2.24) is 0 Å².